The summed E-state index contributed by atoms with van der Waals surface area (Å²) in [5.74, 6) is 0. The van der Waals surface area contributed by atoms with E-state index in [9.17, 15) is 8.42 Å². The number of halogens is 1. The summed E-state index contributed by atoms with van der Waals surface area (Å²) < 4.78 is 26.6. The van der Waals surface area contributed by atoms with Crippen molar-refractivity contribution >= 4 is 27.3 Å². The van der Waals surface area contributed by atoms with Crippen molar-refractivity contribution in [1.29, 1.82) is 0 Å². The number of nitrogens with two attached hydrogens (primary N) is 1. The molecular formula is C12H17ClN2O2S. The van der Waals surface area contributed by atoms with Crippen molar-refractivity contribution in [2.24, 2.45) is 0 Å². The fourth-order valence-corrected chi connectivity index (χ4v) is 3.00. The molecule has 0 unspecified atom stereocenters. The molecule has 0 aromatic heterocycles. The lowest BCUT2D eigenvalue weighted by Gasteiger charge is -2.10. The first-order valence-electron chi connectivity index (χ1n) is 5.55. The van der Waals surface area contributed by atoms with Crippen molar-refractivity contribution in [2.45, 2.75) is 25.2 Å². The number of anilines is 1. The van der Waals surface area contributed by atoms with Crippen LogP contribution in [0.25, 0.3) is 0 Å². The maximum absolute atomic E-state index is 12.0. The molecule has 0 aliphatic carbocycles. The number of nitrogens with one attached hydrogen (secondary N) is 1. The molecule has 0 atom stereocenters. The van der Waals surface area contributed by atoms with E-state index >= 15 is 0 Å². The quantitative estimate of drug-likeness (QED) is 0.497. The van der Waals surface area contributed by atoms with Crippen LogP contribution in [0.5, 0.6) is 0 Å². The Labute approximate surface area is 113 Å². The van der Waals surface area contributed by atoms with Gasteiger partial charge in [-0.2, -0.15) is 0 Å². The summed E-state index contributed by atoms with van der Waals surface area (Å²) in [4.78, 5) is 0.171. The van der Waals surface area contributed by atoms with Gasteiger partial charge in [-0.15, -0.1) is 0 Å². The normalized spacial score (nSPS) is 12.2. The maximum atomic E-state index is 12.0. The van der Waals surface area contributed by atoms with Gasteiger partial charge < -0.3 is 5.73 Å². The second-order valence-corrected chi connectivity index (χ2v) is 6.04. The molecule has 0 fully saturated rings. The first-order valence-corrected chi connectivity index (χ1v) is 7.41. The fourth-order valence-electron chi connectivity index (χ4n) is 1.48. The van der Waals surface area contributed by atoms with E-state index in [0.717, 1.165) is 0 Å². The molecule has 100 valence electrons. The molecule has 1 rings (SSSR count). The molecule has 0 aliphatic rings. The minimum Gasteiger partial charge on any atom is -0.397 e. The highest BCUT2D eigenvalue weighted by atomic mass is 35.5. The summed E-state index contributed by atoms with van der Waals surface area (Å²) in [7, 11) is -3.53. The van der Waals surface area contributed by atoms with Crippen LogP contribution in [0.15, 0.2) is 29.2 Å². The number of hydrogen-bond acceptors (Lipinski definition) is 3. The van der Waals surface area contributed by atoms with Crippen LogP contribution in [0.2, 0.25) is 5.02 Å². The Kier molecular flexibility index (Phi) is 5.19. The Bertz CT molecular complexity index is 553. The predicted molar refractivity (Wildman–Crippen MR) is 75.2 cm³/mol. The van der Waals surface area contributed by atoms with Crippen molar-refractivity contribution < 1.29 is 8.42 Å². The van der Waals surface area contributed by atoms with E-state index in [4.69, 9.17) is 17.3 Å². The van der Waals surface area contributed by atoms with E-state index in [0.29, 0.717) is 23.6 Å². The van der Waals surface area contributed by atoms with E-state index in [1.807, 2.05) is 19.1 Å². The van der Waals surface area contributed by atoms with Crippen LogP contribution in [-0.4, -0.2) is 15.0 Å². The molecule has 6 heteroatoms. The number of sulfonamides is 1. The van der Waals surface area contributed by atoms with Gasteiger partial charge in [-0.1, -0.05) is 23.8 Å². The first kappa shape index (κ1) is 15.0. The number of rotatable bonds is 5. The van der Waals surface area contributed by atoms with Gasteiger partial charge in [0.05, 0.1) is 15.6 Å². The minimum atomic E-state index is -3.53. The molecule has 4 nitrogen and oxygen atoms in total. The van der Waals surface area contributed by atoms with Gasteiger partial charge in [0.15, 0.2) is 0 Å². The average Bonchev–Trinajstić information content (AvgIpc) is 2.29. The Morgan fingerprint density at radius 2 is 2.11 bits per heavy atom. The summed E-state index contributed by atoms with van der Waals surface area (Å²) in [6.07, 6.45) is 4.42. The molecule has 3 N–H and O–H groups in total. The van der Waals surface area contributed by atoms with Crippen molar-refractivity contribution in [1.82, 2.24) is 4.72 Å². The third kappa shape index (κ3) is 3.73. The van der Waals surface area contributed by atoms with Gasteiger partial charge in [0, 0.05) is 6.54 Å². The lowest BCUT2D eigenvalue weighted by molar-refractivity contribution is 0.581. The summed E-state index contributed by atoms with van der Waals surface area (Å²) in [6.45, 7) is 3.93. The standard InChI is InChI=1S/C12H17ClN2O2S/c1-3-4-5-6-15-18(16,17)12-8-11(14)10(13)7-9(12)2/h3-4,7-8,15H,5-6,14H2,1-2H3/b4-3+. The van der Waals surface area contributed by atoms with E-state index in [-0.39, 0.29) is 10.6 Å². The zero-order valence-corrected chi connectivity index (χ0v) is 12.0. The van der Waals surface area contributed by atoms with Gasteiger partial charge in [-0.25, -0.2) is 13.1 Å². The van der Waals surface area contributed by atoms with Crippen molar-refractivity contribution in [3.8, 4) is 0 Å². The highest BCUT2D eigenvalue weighted by molar-refractivity contribution is 7.89. The zero-order chi connectivity index (χ0) is 13.8. The molecule has 1 aromatic rings. The molecule has 0 spiro atoms. The van der Waals surface area contributed by atoms with Crippen molar-refractivity contribution in [3.63, 3.8) is 0 Å². The Morgan fingerprint density at radius 3 is 2.72 bits per heavy atom. The average molecular weight is 289 g/mol. The zero-order valence-electron chi connectivity index (χ0n) is 10.4. The number of aryl methyl sites for hydroxylation is 1. The topological polar surface area (TPSA) is 72.2 Å². The lowest BCUT2D eigenvalue weighted by atomic mass is 10.2. The predicted octanol–water partition coefficient (Wildman–Crippen LogP) is 2.48. The van der Waals surface area contributed by atoms with Crippen molar-refractivity contribution in [2.75, 3.05) is 12.3 Å². The van der Waals surface area contributed by atoms with Crippen LogP contribution in [0.3, 0.4) is 0 Å². The molecule has 0 bridgehead atoms. The summed E-state index contributed by atoms with van der Waals surface area (Å²) in [5.41, 5.74) is 6.46. The molecule has 1 aromatic carbocycles. The highest BCUT2D eigenvalue weighted by Gasteiger charge is 2.17. The number of nitrogen functional groups attached to an aromatic ring is 1. The van der Waals surface area contributed by atoms with Crippen LogP contribution >= 0.6 is 11.6 Å². The van der Waals surface area contributed by atoms with Gasteiger partial charge in [-0.3, -0.25) is 0 Å². The van der Waals surface area contributed by atoms with Crippen LogP contribution in [0.1, 0.15) is 18.9 Å². The largest absolute Gasteiger partial charge is 0.397 e. The van der Waals surface area contributed by atoms with Crippen LogP contribution in [-0.2, 0) is 10.0 Å². The minimum absolute atomic E-state index is 0.171. The smallest absolute Gasteiger partial charge is 0.240 e. The number of allylic oxidation sites excluding steroid dienone is 1. The first-order chi connectivity index (χ1) is 8.38. The van der Waals surface area contributed by atoms with Crippen molar-refractivity contribution in [3.05, 3.63) is 34.9 Å². The monoisotopic (exact) mass is 288 g/mol. The van der Waals surface area contributed by atoms with Crippen LogP contribution < -0.4 is 10.5 Å². The lowest BCUT2D eigenvalue weighted by Crippen LogP contribution is -2.25. The number of hydrogen-bond donors (Lipinski definition) is 2. The van der Waals surface area contributed by atoms with Gasteiger partial charge in [-0.05, 0) is 38.0 Å². The molecule has 0 radical (unpaired) electrons. The molecule has 0 aliphatic heterocycles. The fraction of sp³-hybridized carbons (Fsp3) is 0.333. The maximum Gasteiger partial charge on any atom is 0.240 e. The second kappa shape index (κ2) is 6.22. The summed E-state index contributed by atoms with van der Waals surface area (Å²) >= 11 is 5.83. The third-order valence-corrected chi connectivity index (χ3v) is 4.35. The van der Waals surface area contributed by atoms with Crippen LogP contribution in [0, 0.1) is 6.92 Å². The molecule has 0 amide bonds. The number of benzene rings is 1. The molecule has 0 saturated heterocycles. The molecule has 0 heterocycles. The molecule has 18 heavy (non-hydrogen) atoms. The summed E-state index contributed by atoms with van der Waals surface area (Å²) in [6, 6.07) is 2.94. The Balaban J connectivity index is 2.95. The Morgan fingerprint density at radius 1 is 1.44 bits per heavy atom. The van der Waals surface area contributed by atoms with E-state index in [1.54, 1.807) is 13.0 Å². The SMILES string of the molecule is C/C=C/CCNS(=O)(=O)c1cc(N)c(Cl)cc1C. The van der Waals surface area contributed by atoms with E-state index in [1.165, 1.54) is 6.07 Å². The second-order valence-electron chi connectivity index (χ2n) is 3.89. The Hall–Kier alpha value is -1.04. The van der Waals surface area contributed by atoms with Crippen LogP contribution in [0.4, 0.5) is 5.69 Å². The van der Waals surface area contributed by atoms with E-state index in [2.05, 4.69) is 4.72 Å². The van der Waals surface area contributed by atoms with E-state index < -0.39 is 10.0 Å². The van der Waals surface area contributed by atoms with Gasteiger partial charge in [0.25, 0.3) is 0 Å². The van der Waals surface area contributed by atoms with Gasteiger partial charge in [0.1, 0.15) is 0 Å². The van der Waals surface area contributed by atoms with Gasteiger partial charge in [0.2, 0.25) is 10.0 Å². The third-order valence-electron chi connectivity index (χ3n) is 2.42. The van der Waals surface area contributed by atoms with Gasteiger partial charge >= 0.3 is 0 Å². The molecule has 0 saturated carbocycles. The molecular weight excluding hydrogens is 272 g/mol. The highest BCUT2D eigenvalue weighted by Crippen LogP contribution is 2.25. The summed E-state index contributed by atoms with van der Waals surface area (Å²) in [5, 5.41) is 0.361.